The molecular weight excluding hydrogens is 386 g/mol. The molecule has 0 aliphatic carbocycles. The molecule has 0 fully saturated rings. The van der Waals surface area contributed by atoms with E-state index in [1.807, 2.05) is 54.6 Å². The van der Waals surface area contributed by atoms with Gasteiger partial charge in [-0.3, -0.25) is 0 Å². The van der Waals surface area contributed by atoms with E-state index >= 15 is 0 Å². The van der Waals surface area contributed by atoms with Gasteiger partial charge >= 0.3 is 0 Å². The van der Waals surface area contributed by atoms with Crippen LogP contribution in [0, 0.1) is 0 Å². The van der Waals surface area contributed by atoms with Crippen LogP contribution in [0.3, 0.4) is 0 Å². The molecule has 0 aliphatic rings. The number of benzene rings is 2. The summed E-state index contributed by atoms with van der Waals surface area (Å²) in [6.07, 6.45) is 6.53. The Morgan fingerprint density at radius 1 is 0.806 bits per heavy atom. The molecule has 0 saturated carbocycles. The maximum atomic E-state index is 6.73. The molecular formula is C26H33N3O2. The minimum atomic E-state index is -0.193. The molecule has 0 amide bonds. The van der Waals surface area contributed by atoms with E-state index < -0.39 is 0 Å². The lowest BCUT2D eigenvalue weighted by Gasteiger charge is -2.34. The molecule has 0 aliphatic heterocycles. The SMILES string of the molecule is CCCCCC(CC)(CC)Oc1ccccc1-c1nnnc(-c2ccccc2)c1OC. The molecule has 3 aromatic rings. The lowest BCUT2D eigenvalue weighted by Crippen LogP contribution is -2.34. The summed E-state index contributed by atoms with van der Waals surface area (Å²) >= 11 is 0. The minimum absolute atomic E-state index is 0.193. The van der Waals surface area contributed by atoms with Gasteiger partial charge in [0.25, 0.3) is 0 Å². The average molecular weight is 420 g/mol. The van der Waals surface area contributed by atoms with Gasteiger partial charge < -0.3 is 9.47 Å². The Kier molecular flexibility index (Phi) is 7.99. The number of aromatic nitrogens is 3. The van der Waals surface area contributed by atoms with Crippen LogP contribution in [-0.2, 0) is 0 Å². The highest BCUT2D eigenvalue weighted by Gasteiger charge is 2.30. The molecule has 2 aromatic carbocycles. The van der Waals surface area contributed by atoms with E-state index in [-0.39, 0.29) is 5.60 Å². The Balaban J connectivity index is 2.04. The zero-order valence-electron chi connectivity index (χ0n) is 19.1. The van der Waals surface area contributed by atoms with Crippen molar-refractivity contribution in [2.45, 2.75) is 64.9 Å². The second-order valence-corrected chi connectivity index (χ2v) is 7.83. The van der Waals surface area contributed by atoms with E-state index in [0.29, 0.717) is 17.1 Å². The Morgan fingerprint density at radius 3 is 2.16 bits per heavy atom. The molecule has 0 spiro atoms. The van der Waals surface area contributed by atoms with Gasteiger partial charge in [0.05, 0.1) is 7.11 Å². The maximum absolute atomic E-state index is 6.73. The summed E-state index contributed by atoms with van der Waals surface area (Å²) in [4.78, 5) is 0. The van der Waals surface area contributed by atoms with Crippen molar-refractivity contribution in [1.29, 1.82) is 0 Å². The molecule has 3 rings (SSSR count). The van der Waals surface area contributed by atoms with Crippen molar-refractivity contribution in [3.05, 3.63) is 54.6 Å². The van der Waals surface area contributed by atoms with Crippen LogP contribution in [0.4, 0.5) is 0 Å². The quantitative estimate of drug-likeness (QED) is 0.322. The summed E-state index contributed by atoms with van der Waals surface area (Å²) < 4.78 is 12.5. The van der Waals surface area contributed by atoms with Gasteiger partial charge in [-0.1, -0.05) is 76.1 Å². The first-order valence-electron chi connectivity index (χ1n) is 11.3. The molecule has 5 nitrogen and oxygen atoms in total. The summed E-state index contributed by atoms with van der Waals surface area (Å²) in [5.74, 6) is 1.40. The Hall–Kier alpha value is -2.95. The molecule has 0 unspecified atom stereocenters. The fourth-order valence-corrected chi connectivity index (χ4v) is 3.95. The molecule has 1 heterocycles. The first-order chi connectivity index (χ1) is 15.2. The Bertz CT molecular complexity index is 956. The van der Waals surface area contributed by atoms with Crippen LogP contribution in [0.15, 0.2) is 54.6 Å². The number of para-hydroxylation sites is 1. The van der Waals surface area contributed by atoms with Crippen molar-refractivity contribution in [1.82, 2.24) is 15.4 Å². The fraction of sp³-hybridized carbons (Fsp3) is 0.423. The van der Waals surface area contributed by atoms with Crippen molar-refractivity contribution in [2.24, 2.45) is 0 Å². The topological polar surface area (TPSA) is 57.1 Å². The molecule has 1 aromatic heterocycles. The first-order valence-corrected chi connectivity index (χ1v) is 11.3. The van der Waals surface area contributed by atoms with Crippen LogP contribution in [0.25, 0.3) is 22.5 Å². The van der Waals surface area contributed by atoms with Gasteiger partial charge in [-0.05, 0) is 43.0 Å². The third-order valence-electron chi connectivity index (χ3n) is 5.96. The molecule has 5 heteroatoms. The normalized spacial score (nSPS) is 11.4. The molecule has 31 heavy (non-hydrogen) atoms. The Morgan fingerprint density at radius 2 is 1.48 bits per heavy atom. The monoisotopic (exact) mass is 419 g/mol. The summed E-state index contributed by atoms with van der Waals surface area (Å²) in [6.45, 7) is 6.64. The van der Waals surface area contributed by atoms with Gasteiger partial charge in [-0.2, -0.15) is 0 Å². The third kappa shape index (κ3) is 5.22. The zero-order valence-corrected chi connectivity index (χ0v) is 19.1. The van der Waals surface area contributed by atoms with Crippen LogP contribution in [0.2, 0.25) is 0 Å². The van der Waals surface area contributed by atoms with E-state index in [2.05, 4.69) is 36.2 Å². The van der Waals surface area contributed by atoms with Gasteiger partial charge in [0.2, 0.25) is 0 Å². The number of methoxy groups -OCH3 is 1. The third-order valence-corrected chi connectivity index (χ3v) is 5.96. The van der Waals surface area contributed by atoms with Crippen molar-refractivity contribution in [3.8, 4) is 34.0 Å². The number of ether oxygens (including phenoxy) is 2. The zero-order chi connectivity index (χ0) is 22.1. The summed E-state index contributed by atoms with van der Waals surface area (Å²) in [7, 11) is 1.64. The standard InChI is InChI=1S/C26H33N3O2/c1-5-8-14-19-26(6-2,7-3)31-22-18-13-12-17-21(22)24-25(30-4)23(27-29-28-24)20-15-10-9-11-16-20/h9-13,15-18H,5-8,14,19H2,1-4H3. The predicted octanol–water partition coefficient (Wildman–Crippen LogP) is 6.73. The second kappa shape index (κ2) is 10.9. The van der Waals surface area contributed by atoms with Crippen molar-refractivity contribution in [3.63, 3.8) is 0 Å². The summed E-state index contributed by atoms with van der Waals surface area (Å²) in [5.41, 5.74) is 2.92. The Labute approximate surface area is 185 Å². The van der Waals surface area contributed by atoms with Crippen molar-refractivity contribution in [2.75, 3.05) is 7.11 Å². The molecule has 164 valence electrons. The van der Waals surface area contributed by atoms with E-state index in [0.717, 1.165) is 42.6 Å². The lowest BCUT2D eigenvalue weighted by molar-refractivity contribution is 0.0489. The summed E-state index contributed by atoms with van der Waals surface area (Å²) in [5, 5.41) is 12.7. The fourth-order valence-electron chi connectivity index (χ4n) is 3.95. The van der Waals surface area contributed by atoms with Gasteiger partial charge in [-0.25, -0.2) is 0 Å². The highest BCUT2D eigenvalue weighted by molar-refractivity contribution is 5.79. The van der Waals surface area contributed by atoms with Crippen LogP contribution in [-0.4, -0.2) is 28.1 Å². The minimum Gasteiger partial charge on any atom is -0.492 e. The van der Waals surface area contributed by atoms with E-state index in [1.54, 1.807) is 7.11 Å². The predicted molar refractivity (Wildman–Crippen MR) is 125 cm³/mol. The summed E-state index contributed by atoms with van der Waals surface area (Å²) in [6, 6.07) is 17.9. The molecule has 0 saturated heterocycles. The van der Waals surface area contributed by atoms with Crippen LogP contribution >= 0.6 is 0 Å². The lowest BCUT2D eigenvalue weighted by atomic mass is 9.90. The average Bonchev–Trinajstić information content (AvgIpc) is 2.84. The molecule has 0 N–H and O–H groups in total. The van der Waals surface area contributed by atoms with Crippen LogP contribution in [0.5, 0.6) is 11.5 Å². The molecule has 0 atom stereocenters. The number of unbranched alkanes of at least 4 members (excludes halogenated alkanes) is 2. The molecule has 0 radical (unpaired) electrons. The van der Waals surface area contributed by atoms with Crippen molar-refractivity contribution >= 4 is 0 Å². The van der Waals surface area contributed by atoms with E-state index in [4.69, 9.17) is 9.47 Å². The first kappa shape index (κ1) is 22.7. The maximum Gasteiger partial charge on any atom is 0.175 e. The van der Waals surface area contributed by atoms with Crippen LogP contribution < -0.4 is 9.47 Å². The number of hydrogen-bond donors (Lipinski definition) is 0. The number of rotatable bonds is 11. The van der Waals surface area contributed by atoms with Crippen LogP contribution in [0.1, 0.15) is 59.3 Å². The van der Waals surface area contributed by atoms with Gasteiger partial charge in [0.1, 0.15) is 22.7 Å². The molecule has 0 bridgehead atoms. The van der Waals surface area contributed by atoms with Gasteiger partial charge in [-0.15, -0.1) is 10.2 Å². The smallest absolute Gasteiger partial charge is 0.175 e. The van der Waals surface area contributed by atoms with E-state index in [9.17, 15) is 0 Å². The highest BCUT2D eigenvalue weighted by atomic mass is 16.5. The van der Waals surface area contributed by atoms with E-state index in [1.165, 1.54) is 12.8 Å². The highest BCUT2D eigenvalue weighted by Crippen LogP contribution is 2.41. The largest absolute Gasteiger partial charge is 0.492 e. The second-order valence-electron chi connectivity index (χ2n) is 7.83. The van der Waals surface area contributed by atoms with Gasteiger partial charge in [0.15, 0.2) is 5.75 Å². The number of nitrogens with zero attached hydrogens (tertiary/aromatic N) is 3. The van der Waals surface area contributed by atoms with Gasteiger partial charge in [0, 0.05) is 11.1 Å². The number of hydrogen-bond acceptors (Lipinski definition) is 5. The van der Waals surface area contributed by atoms with Crippen molar-refractivity contribution < 1.29 is 9.47 Å².